The van der Waals surface area contributed by atoms with E-state index in [1.807, 2.05) is 0 Å². The molecular formula is C15H20O6. The van der Waals surface area contributed by atoms with Gasteiger partial charge in [-0.3, -0.25) is 9.59 Å². The summed E-state index contributed by atoms with van der Waals surface area (Å²) in [5.41, 5.74) is -0.266. The average Bonchev–Trinajstić information content (AvgIpc) is 2.34. The predicted octanol–water partition coefficient (Wildman–Crippen LogP) is 2.38. The molecule has 1 N–H and O–H groups in total. The quantitative estimate of drug-likeness (QED) is 0.641. The van der Waals surface area contributed by atoms with Crippen LogP contribution in [0.2, 0.25) is 0 Å². The number of ether oxygens (including phenoxy) is 3. The fourth-order valence-electron chi connectivity index (χ4n) is 2.21. The monoisotopic (exact) mass is 296 g/mol. The maximum atomic E-state index is 11.3. The molecule has 1 rings (SSSR count). The highest BCUT2D eigenvalue weighted by molar-refractivity contribution is 5.73. The summed E-state index contributed by atoms with van der Waals surface area (Å²) >= 11 is 0. The second kappa shape index (κ2) is 6.47. The van der Waals surface area contributed by atoms with Crippen molar-refractivity contribution in [2.45, 2.75) is 32.6 Å². The third-order valence-electron chi connectivity index (χ3n) is 3.02. The van der Waals surface area contributed by atoms with Crippen LogP contribution >= 0.6 is 0 Å². The fraction of sp³-hybridized carbons (Fsp3) is 0.467. The second-order valence-electron chi connectivity index (χ2n) is 5.25. The standard InChI is InChI=1S/C15H20O6/c1-9(16)21-12-7-10(19-4)6-11(20-5)14(12)15(2,3)8-13(17)18/h6-7H,8H2,1-5H3,(H,17,18). The highest BCUT2D eigenvalue weighted by Crippen LogP contribution is 2.43. The van der Waals surface area contributed by atoms with Crippen LogP contribution in [0.4, 0.5) is 0 Å². The Balaban J connectivity index is 3.51. The van der Waals surface area contributed by atoms with E-state index in [1.165, 1.54) is 21.1 Å². The van der Waals surface area contributed by atoms with E-state index in [9.17, 15) is 9.59 Å². The number of esters is 1. The van der Waals surface area contributed by atoms with Crippen molar-refractivity contribution in [3.63, 3.8) is 0 Å². The normalized spacial score (nSPS) is 10.9. The summed E-state index contributed by atoms with van der Waals surface area (Å²) in [5.74, 6) is -0.343. The molecule has 0 aliphatic heterocycles. The molecule has 0 aliphatic carbocycles. The van der Waals surface area contributed by atoms with E-state index in [4.69, 9.17) is 19.3 Å². The van der Waals surface area contributed by atoms with Crippen LogP contribution < -0.4 is 14.2 Å². The minimum Gasteiger partial charge on any atom is -0.496 e. The lowest BCUT2D eigenvalue weighted by Crippen LogP contribution is -2.24. The molecule has 116 valence electrons. The molecule has 0 bridgehead atoms. The largest absolute Gasteiger partial charge is 0.496 e. The molecule has 0 saturated heterocycles. The molecule has 0 fully saturated rings. The van der Waals surface area contributed by atoms with Gasteiger partial charge in [-0.25, -0.2) is 0 Å². The van der Waals surface area contributed by atoms with Crippen LogP contribution in [-0.4, -0.2) is 31.3 Å². The van der Waals surface area contributed by atoms with E-state index >= 15 is 0 Å². The number of carbonyl (C=O) groups is 2. The van der Waals surface area contributed by atoms with Crippen LogP contribution in [0.15, 0.2) is 12.1 Å². The van der Waals surface area contributed by atoms with Gasteiger partial charge < -0.3 is 19.3 Å². The van der Waals surface area contributed by atoms with Gasteiger partial charge in [0, 0.05) is 30.0 Å². The van der Waals surface area contributed by atoms with Crippen molar-refractivity contribution in [1.29, 1.82) is 0 Å². The summed E-state index contributed by atoms with van der Waals surface area (Å²) in [5, 5.41) is 9.07. The Bertz CT molecular complexity index is 547. The number of methoxy groups -OCH3 is 2. The second-order valence-corrected chi connectivity index (χ2v) is 5.25. The summed E-state index contributed by atoms with van der Waals surface area (Å²) < 4.78 is 15.7. The molecule has 21 heavy (non-hydrogen) atoms. The third-order valence-corrected chi connectivity index (χ3v) is 3.02. The first kappa shape index (κ1) is 16.8. The summed E-state index contributed by atoms with van der Waals surface area (Å²) in [6.07, 6.45) is -0.135. The van der Waals surface area contributed by atoms with E-state index in [2.05, 4.69) is 0 Å². The van der Waals surface area contributed by atoms with Crippen LogP contribution in [0, 0.1) is 0 Å². The molecular weight excluding hydrogens is 276 g/mol. The van der Waals surface area contributed by atoms with E-state index in [0.29, 0.717) is 17.1 Å². The average molecular weight is 296 g/mol. The molecule has 0 amide bonds. The number of carboxylic acids is 1. The summed E-state index contributed by atoms with van der Waals surface area (Å²) in [6.45, 7) is 4.77. The van der Waals surface area contributed by atoms with Gasteiger partial charge >= 0.3 is 11.9 Å². The van der Waals surface area contributed by atoms with Crippen molar-refractivity contribution in [3.8, 4) is 17.2 Å². The smallest absolute Gasteiger partial charge is 0.308 e. The van der Waals surface area contributed by atoms with E-state index in [-0.39, 0.29) is 12.2 Å². The maximum Gasteiger partial charge on any atom is 0.308 e. The molecule has 0 aliphatic rings. The number of rotatable bonds is 6. The van der Waals surface area contributed by atoms with Crippen LogP contribution in [0.1, 0.15) is 32.8 Å². The summed E-state index contributed by atoms with van der Waals surface area (Å²) in [6, 6.07) is 3.18. The first-order valence-electron chi connectivity index (χ1n) is 6.38. The molecule has 0 radical (unpaired) electrons. The lowest BCUT2D eigenvalue weighted by atomic mass is 9.80. The number of benzene rings is 1. The number of aliphatic carboxylic acids is 1. The van der Waals surface area contributed by atoms with Crippen molar-refractivity contribution < 1.29 is 28.9 Å². The molecule has 0 aromatic heterocycles. The molecule has 6 heteroatoms. The summed E-state index contributed by atoms with van der Waals surface area (Å²) in [4.78, 5) is 22.4. The lowest BCUT2D eigenvalue weighted by molar-refractivity contribution is -0.138. The highest BCUT2D eigenvalue weighted by atomic mass is 16.5. The topological polar surface area (TPSA) is 82.1 Å². The maximum absolute atomic E-state index is 11.3. The van der Waals surface area contributed by atoms with Crippen LogP contribution in [0.3, 0.4) is 0 Å². The molecule has 0 unspecified atom stereocenters. The zero-order chi connectivity index (χ0) is 16.2. The van der Waals surface area contributed by atoms with E-state index in [0.717, 1.165) is 0 Å². The molecule has 0 saturated carbocycles. The number of carboxylic acid groups (broad SMARTS) is 1. The van der Waals surface area contributed by atoms with Crippen LogP contribution in [-0.2, 0) is 15.0 Å². The molecule has 1 aromatic rings. The zero-order valence-electron chi connectivity index (χ0n) is 12.9. The number of carbonyl (C=O) groups excluding carboxylic acids is 1. The van der Waals surface area contributed by atoms with Crippen molar-refractivity contribution in [1.82, 2.24) is 0 Å². The first-order valence-corrected chi connectivity index (χ1v) is 6.38. The minimum atomic E-state index is -0.952. The molecule has 0 heterocycles. The van der Waals surface area contributed by atoms with Gasteiger partial charge in [0.1, 0.15) is 17.2 Å². The minimum absolute atomic E-state index is 0.135. The van der Waals surface area contributed by atoms with Crippen LogP contribution in [0.5, 0.6) is 17.2 Å². The van der Waals surface area contributed by atoms with Crippen LogP contribution in [0.25, 0.3) is 0 Å². The van der Waals surface area contributed by atoms with Crippen molar-refractivity contribution in [2.75, 3.05) is 14.2 Å². The van der Waals surface area contributed by atoms with Crippen molar-refractivity contribution in [3.05, 3.63) is 17.7 Å². The molecule has 6 nitrogen and oxygen atoms in total. The van der Waals surface area contributed by atoms with Gasteiger partial charge in [-0.15, -0.1) is 0 Å². The lowest BCUT2D eigenvalue weighted by Gasteiger charge is -2.27. The molecule has 0 atom stereocenters. The molecule has 0 spiro atoms. The number of hydrogen-bond acceptors (Lipinski definition) is 5. The van der Waals surface area contributed by atoms with Gasteiger partial charge in [0.15, 0.2) is 0 Å². The Kier molecular flexibility index (Phi) is 5.18. The Labute approximate surface area is 123 Å². The first-order chi connectivity index (χ1) is 9.71. The van der Waals surface area contributed by atoms with E-state index in [1.54, 1.807) is 26.0 Å². The Morgan fingerprint density at radius 3 is 2.14 bits per heavy atom. The predicted molar refractivity (Wildman–Crippen MR) is 76.1 cm³/mol. The van der Waals surface area contributed by atoms with Gasteiger partial charge in [0.05, 0.1) is 20.6 Å². The third kappa shape index (κ3) is 4.11. The van der Waals surface area contributed by atoms with E-state index < -0.39 is 17.4 Å². The van der Waals surface area contributed by atoms with Gasteiger partial charge in [0.2, 0.25) is 0 Å². The van der Waals surface area contributed by atoms with Gasteiger partial charge in [0.25, 0.3) is 0 Å². The Morgan fingerprint density at radius 1 is 1.14 bits per heavy atom. The molecule has 1 aromatic carbocycles. The fourth-order valence-corrected chi connectivity index (χ4v) is 2.21. The van der Waals surface area contributed by atoms with Crippen molar-refractivity contribution in [2.24, 2.45) is 0 Å². The Morgan fingerprint density at radius 2 is 1.71 bits per heavy atom. The zero-order valence-corrected chi connectivity index (χ0v) is 12.9. The SMILES string of the molecule is COc1cc(OC)c(C(C)(C)CC(=O)O)c(OC(C)=O)c1. The van der Waals surface area contributed by atoms with Crippen molar-refractivity contribution >= 4 is 11.9 Å². The van der Waals surface area contributed by atoms with Gasteiger partial charge in [-0.1, -0.05) is 13.8 Å². The van der Waals surface area contributed by atoms with Gasteiger partial charge in [-0.2, -0.15) is 0 Å². The summed E-state index contributed by atoms with van der Waals surface area (Å²) in [7, 11) is 2.95. The van der Waals surface area contributed by atoms with Gasteiger partial charge in [-0.05, 0) is 0 Å². The highest BCUT2D eigenvalue weighted by Gasteiger charge is 2.32. The Hall–Kier alpha value is -2.24. The number of hydrogen-bond donors (Lipinski definition) is 1.